The number of amides is 1. The number of rotatable bonds is 5. The summed E-state index contributed by atoms with van der Waals surface area (Å²) in [5.74, 6) is 0.694. The molecular weight excluding hydrogens is 274 g/mol. The summed E-state index contributed by atoms with van der Waals surface area (Å²) in [6.07, 6.45) is 3.40. The number of nitrogens with zero attached hydrogens (tertiary/aromatic N) is 1. The first-order valence-electron chi connectivity index (χ1n) is 6.59. The summed E-state index contributed by atoms with van der Waals surface area (Å²) in [5.41, 5.74) is 0.935. The number of carbonyl (C=O) groups excluding carboxylic acids is 1. The van der Waals surface area contributed by atoms with Crippen molar-refractivity contribution in [3.63, 3.8) is 0 Å². The van der Waals surface area contributed by atoms with Gasteiger partial charge in [0.05, 0.1) is 12.5 Å². The minimum Gasteiger partial charge on any atom is -0.348 e. The smallest absolute Gasteiger partial charge is 0.228 e. The van der Waals surface area contributed by atoms with Crippen LogP contribution >= 0.6 is 11.6 Å². The minimum atomic E-state index is -0.219. The summed E-state index contributed by atoms with van der Waals surface area (Å²) in [5, 5.41) is 3.55. The van der Waals surface area contributed by atoms with Crippen molar-refractivity contribution in [1.29, 1.82) is 0 Å². The second-order valence-electron chi connectivity index (χ2n) is 5.03. The van der Waals surface area contributed by atoms with Gasteiger partial charge in [0.1, 0.15) is 5.82 Å². The Morgan fingerprint density at radius 3 is 2.85 bits per heavy atom. The molecule has 2 rings (SSSR count). The average molecular weight is 292 g/mol. The molecular formula is C15H18ClN3O. The molecule has 0 radical (unpaired) electrons. The molecule has 1 amide bonds. The fourth-order valence-electron chi connectivity index (χ4n) is 2.21. The topological polar surface area (TPSA) is 57.8 Å². The van der Waals surface area contributed by atoms with Crippen LogP contribution in [0.15, 0.2) is 36.7 Å². The third-order valence-electron chi connectivity index (χ3n) is 3.14. The molecule has 0 aliphatic heterocycles. The number of aromatic amines is 1. The quantitative estimate of drug-likeness (QED) is 0.889. The summed E-state index contributed by atoms with van der Waals surface area (Å²) in [4.78, 5) is 19.4. The fraction of sp³-hybridized carbons (Fsp3) is 0.333. The number of nitrogens with one attached hydrogen (secondary N) is 2. The van der Waals surface area contributed by atoms with Gasteiger partial charge in [-0.05, 0) is 23.6 Å². The van der Waals surface area contributed by atoms with E-state index in [1.165, 1.54) is 0 Å². The molecule has 2 aromatic rings. The predicted octanol–water partition coefficient (Wildman–Crippen LogP) is 3.12. The number of H-pyrrole nitrogens is 1. The molecule has 5 heteroatoms. The first-order valence-corrected chi connectivity index (χ1v) is 6.97. The van der Waals surface area contributed by atoms with Crippen LogP contribution < -0.4 is 5.32 Å². The summed E-state index contributed by atoms with van der Waals surface area (Å²) in [6, 6.07) is 7.46. The molecule has 20 heavy (non-hydrogen) atoms. The van der Waals surface area contributed by atoms with Crippen LogP contribution in [0.4, 0.5) is 0 Å². The Morgan fingerprint density at radius 2 is 2.25 bits per heavy atom. The number of imidazole rings is 1. The summed E-state index contributed by atoms with van der Waals surface area (Å²) >= 11 is 6.01. The molecule has 4 nitrogen and oxygen atoms in total. The van der Waals surface area contributed by atoms with Crippen molar-refractivity contribution < 1.29 is 4.79 Å². The molecule has 0 aliphatic rings. The third-order valence-corrected chi connectivity index (χ3v) is 3.38. The molecule has 1 aromatic heterocycles. The van der Waals surface area contributed by atoms with Crippen molar-refractivity contribution in [3.05, 3.63) is 53.1 Å². The van der Waals surface area contributed by atoms with Crippen molar-refractivity contribution in [2.24, 2.45) is 5.92 Å². The van der Waals surface area contributed by atoms with E-state index >= 15 is 0 Å². The maximum atomic E-state index is 12.4. The second kappa shape index (κ2) is 6.57. The van der Waals surface area contributed by atoms with E-state index in [0.717, 1.165) is 11.4 Å². The van der Waals surface area contributed by atoms with Crippen molar-refractivity contribution >= 4 is 17.5 Å². The Morgan fingerprint density at radius 1 is 1.45 bits per heavy atom. The van der Waals surface area contributed by atoms with Crippen LogP contribution in [0, 0.1) is 5.92 Å². The first kappa shape index (κ1) is 14.6. The van der Waals surface area contributed by atoms with Gasteiger partial charge in [0.2, 0.25) is 5.91 Å². The van der Waals surface area contributed by atoms with Crippen molar-refractivity contribution in [2.75, 3.05) is 0 Å². The van der Waals surface area contributed by atoms with Crippen LogP contribution in [-0.4, -0.2) is 15.9 Å². The molecule has 1 atom stereocenters. The van der Waals surface area contributed by atoms with Crippen LogP contribution in [0.5, 0.6) is 0 Å². The van der Waals surface area contributed by atoms with Crippen LogP contribution in [-0.2, 0) is 11.3 Å². The van der Waals surface area contributed by atoms with Gasteiger partial charge in [-0.3, -0.25) is 4.79 Å². The monoisotopic (exact) mass is 291 g/mol. The Bertz CT molecular complexity index is 566. The molecule has 2 N–H and O–H groups in total. The van der Waals surface area contributed by atoms with Gasteiger partial charge in [0, 0.05) is 17.4 Å². The van der Waals surface area contributed by atoms with Crippen LogP contribution in [0.3, 0.4) is 0 Å². The Balaban J connectivity index is 2.10. The Labute approximate surface area is 123 Å². The van der Waals surface area contributed by atoms with Gasteiger partial charge >= 0.3 is 0 Å². The van der Waals surface area contributed by atoms with Gasteiger partial charge in [-0.25, -0.2) is 4.98 Å². The van der Waals surface area contributed by atoms with E-state index in [2.05, 4.69) is 15.3 Å². The molecule has 0 spiro atoms. The van der Waals surface area contributed by atoms with Gasteiger partial charge in [-0.2, -0.15) is 0 Å². The maximum Gasteiger partial charge on any atom is 0.228 e. The van der Waals surface area contributed by atoms with Crippen LogP contribution in [0.2, 0.25) is 5.02 Å². The van der Waals surface area contributed by atoms with Crippen molar-refractivity contribution in [1.82, 2.24) is 15.3 Å². The molecule has 0 bridgehead atoms. The van der Waals surface area contributed by atoms with E-state index in [9.17, 15) is 4.79 Å². The molecule has 106 valence electrons. The van der Waals surface area contributed by atoms with E-state index < -0.39 is 0 Å². The highest BCUT2D eigenvalue weighted by molar-refractivity contribution is 6.30. The lowest BCUT2D eigenvalue weighted by molar-refractivity contribution is -0.123. The lowest BCUT2D eigenvalue weighted by atomic mass is 9.87. The number of halogens is 1. The molecule has 1 heterocycles. The number of hydrogen-bond donors (Lipinski definition) is 2. The second-order valence-corrected chi connectivity index (χ2v) is 5.47. The SMILES string of the molecule is CC(C)[C@@H](C(=O)NCc1ncc[nH]1)c1cccc(Cl)c1. The number of aromatic nitrogens is 2. The molecule has 0 saturated heterocycles. The predicted molar refractivity (Wildman–Crippen MR) is 79.5 cm³/mol. The van der Waals surface area contributed by atoms with E-state index in [1.807, 2.05) is 38.1 Å². The summed E-state index contributed by atoms with van der Waals surface area (Å²) < 4.78 is 0. The Kier molecular flexibility index (Phi) is 4.79. The fourth-order valence-corrected chi connectivity index (χ4v) is 2.41. The molecule has 1 aromatic carbocycles. The summed E-state index contributed by atoms with van der Waals surface area (Å²) in [7, 11) is 0. The zero-order valence-corrected chi connectivity index (χ0v) is 12.3. The molecule has 0 saturated carbocycles. The normalized spacial score (nSPS) is 12.4. The lowest BCUT2D eigenvalue weighted by Crippen LogP contribution is -2.32. The molecule has 0 aliphatic carbocycles. The van der Waals surface area contributed by atoms with Gasteiger partial charge in [-0.1, -0.05) is 37.6 Å². The van der Waals surface area contributed by atoms with E-state index in [1.54, 1.807) is 12.4 Å². The highest BCUT2D eigenvalue weighted by Crippen LogP contribution is 2.26. The first-order chi connectivity index (χ1) is 9.58. The van der Waals surface area contributed by atoms with E-state index in [-0.39, 0.29) is 17.7 Å². The zero-order chi connectivity index (χ0) is 14.5. The van der Waals surface area contributed by atoms with Gasteiger partial charge < -0.3 is 10.3 Å². The van der Waals surface area contributed by atoms with E-state index in [4.69, 9.17) is 11.6 Å². The number of benzene rings is 1. The van der Waals surface area contributed by atoms with Gasteiger partial charge in [0.25, 0.3) is 0 Å². The van der Waals surface area contributed by atoms with Crippen molar-refractivity contribution in [2.45, 2.75) is 26.3 Å². The van der Waals surface area contributed by atoms with Gasteiger partial charge in [-0.15, -0.1) is 0 Å². The summed E-state index contributed by atoms with van der Waals surface area (Å²) in [6.45, 7) is 4.45. The van der Waals surface area contributed by atoms with Crippen LogP contribution in [0.25, 0.3) is 0 Å². The molecule has 0 unspecified atom stereocenters. The highest BCUT2D eigenvalue weighted by Gasteiger charge is 2.24. The van der Waals surface area contributed by atoms with Gasteiger partial charge in [0.15, 0.2) is 0 Å². The van der Waals surface area contributed by atoms with E-state index in [0.29, 0.717) is 11.6 Å². The Hall–Kier alpha value is -1.81. The maximum absolute atomic E-state index is 12.4. The molecule has 0 fully saturated rings. The zero-order valence-electron chi connectivity index (χ0n) is 11.6. The standard InChI is InChI=1S/C15H18ClN3O/c1-10(2)14(11-4-3-5-12(16)8-11)15(20)19-9-13-17-6-7-18-13/h3-8,10,14H,9H2,1-2H3,(H,17,18)(H,19,20)/t14-/m1/s1. The number of hydrogen-bond acceptors (Lipinski definition) is 2. The third kappa shape index (κ3) is 3.61. The largest absolute Gasteiger partial charge is 0.348 e. The number of carbonyl (C=O) groups is 1. The lowest BCUT2D eigenvalue weighted by Gasteiger charge is -2.20. The van der Waals surface area contributed by atoms with Crippen LogP contribution in [0.1, 0.15) is 31.2 Å². The van der Waals surface area contributed by atoms with Crippen molar-refractivity contribution in [3.8, 4) is 0 Å². The average Bonchev–Trinajstić information content (AvgIpc) is 2.89. The highest BCUT2D eigenvalue weighted by atomic mass is 35.5. The minimum absolute atomic E-state index is 0.0151.